The fourth-order valence-corrected chi connectivity index (χ4v) is 0.277. The summed E-state index contributed by atoms with van der Waals surface area (Å²) < 4.78 is 0. The second kappa shape index (κ2) is 5.99. The van der Waals surface area contributed by atoms with Crippen LogP contribution in [0.2, 0.25) is 0 Å². The Morgan fingerprint density at radius 3 is 1.21 bits per heavy atom. The molecule has 0 rings (SSSR count). The van der Waals surface area contributed by atoms with E-state index in [1.54, 1.807) is 0 Å². The predicted octanol–water partition coefficient (Wildman–Crippen LogP) is -2.58. The Morgan fingerprint density at radius 1 is 1.00 bits per heavy atom. The number of hydrogen-bond acceptors (Lipinski definition) is 7. The Labute approximate surface area is 77.1 Å². The van der Waals surface area contributed by atoms with Crippen molar-refractivity contribution in [2.45, 2.75) is 0 Å². The summed E-state index contributed by atoms with van der Waals surface area (Å²) in [4.78, 5) is 16.9. The van der Waals surface area contributed by atoms with E-state index in [4.69, 9.17) is 5.41 Å². The van der Waals surface area contributed by atoms with E-state index in [9.17, 15) is 20.2 Å². The maximum atomic E-state index is 9.73. The summed E-state index contributed by atoms with van der Waals surface area (Å²) in [5, 5.41) is 25.5. The van der Waals surface area contributed by atoms with Gasteiger partial charge in [-0.05, 0) is 0 Å². The largest absolute Gasteiger partial charge is 0.598 e. The summed E-state index contributed by atoms with van der Waals surface area (Å²) in [6.07, 6.45) is 0. The molecule has 11 nitrogen and oxygen atoms in total. The number of nitrogens with two attached hydrogens (primary N) is 4. The highest BCUT2D eigenvalue weighted by Gasteiger charge is 2.28. The monoisotopic (exact) mass is 207 g/mol. The minimum Gasteiger partial charge on any atom is -0.374 e. The number of hydrogen-bond donors (Lipinski definition) is 5. The van der Waals surface area contributed by atoms with E-state index >= 15 is 0 Å². The topological polar surface area (TPSA) is 214 Å². The fraction of sp³-hybridized carbons (Fsp3) is 0. The van der Waals surface area contributed by atoms with Crippen LogP contribution < -0.4 is 22.9 Å². The molecule has 0 saturated heterocycles. The van der Waals surface area contributed by atoms with Crippen LogP contribution in [0.1, 0.15) is 0 Å². The van der Waals surface area contributed by atoms with Gasteiger partial charge in [-0.25, -0.2) is 0 Å². The molecule has 0 aromatic heterocycles. The van der Waals surface area contributed by atoms with Crippen LogP contribution in [-0.2, 0) is 0 Å². The lowest BCUT2D eigenvalue weighted by atomic mass is 10.7. The van der Waals surface area contributed by atoms with Crippen molar-refractivity contribution < 1.29 is 9.85 Å². The van der Waals surface area contributed by atoms with E-state index in [0.717, 1.165) is 0 Å². The summed E-state index contributed by atoms with van der Waals surface area (Å²) >= 11 is 0. The average Bonchev–Trinajstić information content (AvgIpc) is 1.80. The van der Waals surface area contributed by atoms with Crippen LogP contribution in [0.3, 0.4) is 0 Å². The Morgan fingerprint density at radius 2 is 1.21 bits per heavy atom. The van der Waals surface area contributed by atoms with Crippen molar-refractivity contribution in [3.05, 3.63) is 31.9 Å². The van der Waals surface area contributed by atoms with Crippen LogP contribution in [0.4, 0.5) is 0 Å². The summed E-state index contributed by atoms with van der Waals surface area (Å²) in [6.45, 7) is 0. The van der Waals surface area contributed by atoms with E-state index in [1.165, 1.54) is 0 Å². The van der Waals surface area contributed by atoms with Gasteiger partial charge in [0.1, 0.15) is 9.85 Å². The number of nitrogens with zero attached hydrogens (tertiary/aromatic N) is 2. The van der Waals surface area contributed by atoms with Gasteiger partial charge in [0, 0.05) is 0 Å². The zero-order valence-corrected chi connectivity index (χ0v) is 6.84. The highest BCUT2D eigenvalue weighted by atomic mass is 16.7. The SMILES string of the molecule is N=C(N)N.NC(N)=C([N+](=O)[O-])[N+](=O)[O-]. The first-order valence-corrected chi connectivity index (χ1v) is 2.83. The van der Waals surface area contributed by atoms with Gasteiger partial charge in [-0.15, -0.1) is 0 Å². The molecule has 0 amide bonds. The molecule has 0 atom stereocenters. The molecule has 9 N–H and O–H groups in total. The number of nitro groups is 2. The van der Waals surface area contributed by atoms with Crippen molar-refractivity contribution >= 4 is 5.96 Å². The highest BCUT2D eigenvalue weighted by molar-refractivity contribution is 5.71. The molecule has 0 fully saturated rings. The van der Waals surface area contributed by atoms with Gasteiger partial charge in [-0.3, -0.25) is 25.6 Å². The highest BCUT2D eigenvalue weighted by Crippen LogP contribution is 1.95. The lowest BCUT2D eigenvalue weighted by Gasteiger charge is -1.87. The molecule has 0 spiro atoms. The molecule has 0 unspecified atom stereocenters. The van der Waals surface area contributed by atoms with Gasteiger partial charge in [0.15, 0.2) is 5.96 Å². The van der Waals surface area contributed by atoms with Crippen molar-refractivity contribution in [3.63, 3.8) is 0 Å². The normalized spacial score (nSPS) is 7.71. The molecule has 80 valence electrons. The summed E-state index contributed by atoms with van der Waals surface area (Å²) in [5.74, 6) is -2.63. The third-order valence-corrected chi connectivity index (χ3v) is 0.604. The number of nitrogens with one attached hydrogen (secondary N) is 1. The predicted molar refractivity (Wildman–Crippen MR) is 45.5 cm³/mol. The minimum absolute atomic E-state index is 0.333. The smallest absolute Gasteiger partial charge is 0.374 e. The van der Waals surface area contributed by atoms with Crippen LogP contribution in [0.25, 0.3) is 0 Å². The lowest BCUT2D eigenvalue weighted by Crippen LogP contribution is -2.21. The molecular formula is C3H9N7O4. The van der Waals surface area contributed by atoms with Gasteiger partial charge < -0.3 is 22.9 Å². The van der Waals surface area contributed by atoms with Gasteiger partial charge in [-0.1, -0.05) is 0 Å². The molecule has 0 aromatic carbocycles. The van der Waals surface area contributed by atoms with E-state index in [0.29, 0.717) is 0 Å². The third-order valence-electron chi connectivity index (χ3n) is 0.604. The van der Waals surface area contributed by atoms with Crippen LogP contribution >= 0.6 is 0 Å². The standard InChI is InChI=1S/C2H4N4O4.CH5N3/c3-1(4)2(5(7)8)6(9)10;2-1(3)4/h3-4H2;(H5,2,3,4). The second-order valence-corrected chi connectivity index (χ2v) is 1.75. The first kappa shape index (κ1) is 14.0. The van der Waals surface area contributed by atoms with Gasteiger partial charge >= 0.3 is 5.82 Å². The van der Waals surface area contributed by atoms with Crippen LogP contribution in [0, 0.1) is 25.6 Å². The van der Waals surface area contributed by atoms with Crippen LogP contribution in [0.15, 0.2) is 11.6 Å². The maximum absolute atomic E-state index is 9.73. The van der Waals surface area contributed by atoms with Gasteiger partial charge in [-0.2, -0.15) is 0 Å². The maximum Gasteiger partial charge on any atom is 0.598 e. The molecule has 0 aromatic rings. The summed E-state index contributed by atoms with van der Waals surface area (Å²) in [7, 11) is 0. The molecular weight excluding hydrogens is 198 g/mol. The first-order chi connectivity index (χ1) is 6.20. The van der Waals surface area contributed by atoms with E-state index in [-0.39, 0.29) is 5.96 Å². The van der Waals surface area contributed by atoms with E-state index in [2.05, 4.69) is 22.9 Å². The number of guanidine groups is 1. The van der Waals surface area contributed by atoms with Crippen molar-refractivity contribution in [1.29, 1.82) is 5.41 Å². The first-order valence-electron chi connectivity index (χ1n) is 2.83. The Bertz CT molecular complexity index is 259. The molecule has 0 aliphatic carbocycles. The van der Waals surface area contributed by atoms with E-state index in [1.807, 2.05) is 0 Å². The van der Waals surface area contributed by atoms with Gasteiger partial charge in [0.25, 0.3) is 5.82 Å². The molecule has 0 heterocycles. The molecule has 0 aliphatic rings. The van der Waals surface area contributed by atoms with Crippen LogP contribution in [-0.4, -0.2) is 15.8 Å². The molecule has 0 saturated carbocycles. The average molecular weight is 207 g/mol. The molecule has 14 heavy (non-hydrogen) atoms. The molecule has 11 heteroatoms. The summed E-state index contributed by atoms with van der Waals surface area (Å²) in [5.41, 5.74) is 18.2. The second-order valence-electron chi connectivity index (χ2n) is 1.75. The van der Waals surface area contributed by atoms with Gasteiger partial charge in [0.2, 0.25) is 0 Å². The van der Waals surface area contributed by atoms with Crippen molar-refractivity contribution in [3.8, 4) is 0 Å². The Kier molecular flexibility index (Phi) is 5.97. The molecule has 0 bridgehead atoms. The number of rotatable bonds is 2. The van der Waals surface area contributed by atoms with E-state index < -0.39 is 21.5 Å². The zero-order chi connectivity index (χ0) is 11.9. The van der Waals surface area contributed by atoms with Crippen molar-refractivity contribution in [2.75, 3.05) is 0 Å². The Balaban J connectivity index is 0. The fourth-order valence-electron chi connectivity index (χ4n) is 0.277. The van der Waals surface area contributed by atoms with Crippen molar-refractivity contribution in [2.24, 2.45) is 22.9 Å². The molecule has 0 radical (unpaired) electrons. The summed E-state index contributed by atoms with van der Waals surface area (Å²) in [6, 6.07) is 0. The molecule has 0 aliphatic heterocycles. The Hall–Kier alpha value is -2.59. The van der Waals surface area contributed by atoms with Crippen molar-refractivity contribution in [1.82, 2.24) is 0 Å². The minimum atomic E-state index is -1.39. The lowest BCUT2D eigenvalue weighted by molar-refractivity contribution is -0.617. The van der Waals surface area contributed by atoms with Gasteiger partial charge in [0.05, 0.1) is 0 Å². The third kappa shape index (κ3) is 7.52. The zero-order valence-electron chi connectivity index (χ0n) is 6.84. The quantitative estimate of drug-likeness (QED) is 0.140. The van der Waals surface area contributed by atoms with Crippen LogP contribution in [0.5, 0.6) is 0 Å².